The average Bonchev–Trinajstić information content (AvgIpc) is 3.38. The number of ether oxygens (including phenoxy) is 4. The molecule has 4 aliphatic carbocycles. The molecule has 6 atom stereocenters. The van der Waals surface area contributed by atoms with Crippen molar-refractivity contribution in [2.75, 3.05) is 26.4 Å². The lowest BCUT2D eigenvalue weighted by Gasteiger charge is -2.61. The van der Waals surface area contributed by atoms with Crippen molar-refractivity contribution in [1.29, 1.82) is 0 Å². The highest BCUT2D eigenvalue weighted by Crippen LogP contribution is 2.69. The normalized spacial score (nSPS) is 51.3. The maximum atomic E-state index is 13.7. The Kier molecular flexibility index (Phi) is 3.79. The summed E-state index contributed by atoms with van der Waals surface area (Å²) < 4.78 is 24.5. The zero-order valence-corrected chi connectivity index (χ0v) is 17.3. The van der Waals surface area contributed by atoms with Gasteiger partial charge in [-0.2, -0.15) is 0 Å². The first kappa shape index (κ1) is 18.3. The fraction of sp³-hybridized carbons (Fsp3) is 0.957. The summed E-state index contributed by atoms with van der Waals surface area (Å²) in [5.41, 5.74) is -0.0620. The summed E-state index contributed by atoms with van der Waals surface area (Å²) in [6.07, 6.45) is 8.03. The molecule has 0 aromatic rings. The fourth-order valence-electron chi connectivity index (χ4n) is 8.65. The molecule has 0 radical (unpaired) electrons. The van der Waals surface area contributed by atoms with Crippen molar-refractivity contribution < 1.29 is 23.7 Å². The molecule has 0 amide bonds. The Balaban J connectivity index is 1.32. The van der Waals surface area contributed by atoms with Gasteiger partial charge in [-0.25, -0.2) is 0 Å². The summed E-state index contributed by atoms with van der Waals surface area (Å²) in [5, 5.41) is 0. The van der Waals surface area contributed by atoms with Crippen LogP contribution in [0.3, 0.4) is 0 Å². The molecule has 2 spiro atoms. The molecule has 5 nitrogen and oxygen atoms in total. The molecule has 0 bridgehead atoms. The van der Waals surface area contributed by atoms with E-state index in [9.17, 15) is 4.79 Å². The number of hydrogen-bond donors (Lipinski definition) is 0. The van der Waals surface area contributed by atoms with Crippen LogP contribution in [-0.4, -0.2) is 43.8 Å². The molecule has 5 heteroatoms. The van der Waals surface area contributed by atoms with E-state index in [4.69, 9.17) is 18.9 Å². The molecule has 28 heavy (non-hydrogen) atoms. The van der Waals surface area contributed by atoms with Gasteiger partial charge in [-0.1, -0.05) is 13.8 Å². The number of rotatable bonds is 0. The molecule has 0 aromatic heterocycles. The van der Waals surface area contributed by atoms with E-state index in [1.54, 1.807) is 0 Å². The highest BCUT2D eigenvalue weighted by atomic mass is 16.7. The van der Waals surface area contributed by atoms with Crippen molar-refractivity contribution in [2.24, 2.45) is 34.5 Å². The van der Waals surface area contributed by atoms with Gasteiger partial charge in [0.2, 0.25) is 0 Å². The van der Waals surface area contributed by atoms with E-state index in [0.29, 0.717) is 43.2 Å². The van der Waals surface area contributed by atoms with Crippen LogP contribution in [0.4, 0.5) is 0 Å². The minimum atomic E-state index is -0.502. The van der Waals surface area contributed by atoms with Gasteiger partial charge in [-0.15, -0.1) is 0 Å². The van der Waals surface area contributed by atoms with E-state index < -0.39 is 5.79 Å². The SMILES string of the molecule is C[C@]12CCC3(C[C@@H]1CC[C@H]1[C@H]4CCC5(OCCO5)[C@]4(C)CC(=O)[C@@H]12)OCCO3. The first-order valence-corrected chi connectivity index (χ1v) is 11.5. The van der Waals surface area contributed by atoms with Gasteiger partial charge in [-0.05, 0) is 48.9 Å². The molecule has 156 valence electrons. The van der Waals surface area contributed by atoms with Gasteiger partial charge in [-0.3, -0.25) is 4.79 Å². The lowest BCUT2D eigenvalue weighted by atomic mass is 9.44. The van der Waals surface area contributed by atoms with Gasteiger partial charge in [0, 0.05) is 37.0 Å². The van der Waals surface area contributed by atoms with Crippen molar-refractivity contribution in [2.45, 2.75) is 76.8 Å². The van der Waals surface area contributed by atoms with Crippen LogP contribution in [0.25, 0.3) is 0 Å². The van der Waals surface area contributed by atoms with Crippen LogP contribution in [0.5, 0.6) is 0 Å². The molecule has 6 fully saturated rings. The largest absolute Gasteiger partial charge is 0.348 e. The first-order chi connectivity index (χ1) is 13.4. The summed E-state index contributed by atoms with van der Waals surface area (Å²) in [4.78, 5) is 13.7. The van der Waals surface area contributed by atoms with Gasteiger partial charge in [0.25, 0.3) is 0 Å². The summed E-state index contributed by atoms with van der Waals surface area (Å²) >= 11 is 0. The average molecular weight is 391 g/mol. The summed E-state index contributed by atoms with van der Waals surface area (Å²) in [5.74, 6) is 1.37. The highest BCUT2D eigenvalue weighted by molar-refractivity contribution is 5.84. The lowest BCUT2D eigenvalue weighted by Crippen LogP contribution is -2.61. The number of fused-ring (bicyclic) bond motifs is 6. The summed E-state index contributed by atoms with van der Waals surface area (Å²) in [7, 11) is 0. The topological polar surface area (TPSA) is 54.0 Å². The second-order valence-corrected chi connectivity index (χ2v) is 10.9. The number of Topliss-reactive ketones (excluding diaryl/α,β-unsaturated/α-hetero) is 1. The molecule has 4 saturated carbocycles. The molecular weight excluding hydrogens is 356 g/mol. The Hall–Kier alpha value is -0.490. The van der Waals surface area contributed by atoms with Crippen molar-refractivity contribution >= 4 is 5.78 Å². The third kappa shape index (κ3) is 2.15. The van der Waals surface area contributed by atoms with Gasteiger partial charge < -0.3 is 18.9 Å². The fourth-order valence-corrected chi connectivity index (χ4v) is 8.65. The van der Waals surface area contributed by atoms with E-state index >= 15 is 0 Å². The third-order valence-electron chi connectivity index (χ3n) is 9.97. The molecule has 6 rings (SSSR count). The van der Waals surface area contributed by atoms with Gasteiger partial charge in [0.1, 0.15) is 5.78 Å². The Morgan fingerprint density at radius 1 is 0.857 bits per heavy atom. The number of hydrogen-bond acceptors (Lipinski definition) is 5. The van der Waals surface area contributed by atoms with Crippen LogP contribution in [-0.2, 0) is 23.7 Å². The molecular formula is C23H34O5. The van der Waals surface area contributed by atoms with Crippen LogP contribution in [0, 0.1) is 34.5 Å². The minimum Gasteiger partial charge on any atom is -0.348 e. The quantitative estimate of drug-likeness (QED) is 0.631. The third-order valence-corrected chi connectivity index (χ3v) is 9.97. The van der Waals surface area contributed by atoms with Gasteiger partial charge in [0.05, 0.1) is 26.4 Å². The molecule has 0 unspecified atom stereocenters. The molecule has 0 N–H and O–H groups in total. The number of carbonyl (C=O) groups is 1. The zero-order chi connectivity index (χ0) is 19.2. The second kappa shape index (κ2) is 5.81. The number of ketones is 1. The van der Waals surface area contributed by atoms with E-state index in [1.807, 2.05) is 0 Å². The summed E-state index contributed by atoms with van der Waals surface area (Å²) in [6.45, 7) is 7.48. The Bertz CT molecular complexity index is 678. The number of carbonyl (C=O) groups excluding carboxylic acids is 1. The predicted molar refractivity (Wildman–Crippen MR) is 101 cm³/mol. The highest BCUT2D eigenvalue weighted by Gasteiger charge is 2.70. The Morgan fingerprint density at radius 3 is 2.32 bits per heavy atom. The molecule has 6 aliphatic rings. The van der Waals surface area contributed by atoms with Gasteiger partial charge in [0.15, 0.2) is 11.6 Å². The van der Waals surface area contributed by atoms with Crippen LogP contribution >= 0.6 is 0 Å². The summed E-state index contributed by atoms with van der Waals surface area (Å²) in [6, 6.07) is 0. The second-order valence-electron chi connectivity index (χ2n) is 10.9. The lowest BCUT2D eigenvalue weighted by molar-refractivity contribution is -0.251. The van der Waals surface area contributed by atoms with Gasteiger partial charge >= 0.3 is 0 Å². The first-order valence-electron chi connectivity index (χ1n) is 11.5. The van der Waals surface area contributed by atoms with Crippen molar-refractivity contribution in [3.8, 4) is 0 Å². The maximum Gasteiger partial charge on any atom is 0.174 e. The van der Waals surface area contributed by atoms with Crippen LogP contribution in [0.15, 0.2) is 0 Å². The molecule has 0 aromatic carbocycles. The van der Waals surface area contributed by atoms with Crippen LogP contribution in [0.2, 0.25) is 0 Å². The molecule has 2 aliphatic heterocycles. The monoisotopic (exact) mass is 390 g/mol. The van der Waals surface area contributed by atoms with E-state index in [-0.39, 0.29) is 22.5 Å². The molecule has 2 heterocycles. The Morgan fingerprint density at radius 2 is 1.57 bits per heavy atom. The molecule has 2 saturated heterocycles. The zero-order valence-electron chi connectivity index (χ0n) is 17.3. The Labute approximate surface area is 167 Å². The van der Waals surface area contributed by atoms with Crippen molar-refractivity contribution in [3.05, 3.63) is 0 Å². The van der Waals surface area contributed by atoms with Crippen molar-refractivity contribution in [1.82, 2.24) is 0 Å². The van der Waals surface area contributed by atoms with Crippen LogP contribution < -0.4 is 0 Å². The minimum absolute atomic E-state index is 0.0923. The van der Waals surface area contributed by atoms with Crippen LogP contribution in [0.1, 0.15) is 65.2 Å². The standard InChI is InChI=1S/C23H34O5/c1-20-7-8-22(25-9-10-26-22)13-15(20)3-4-16-17-5-6-23(27-11-12-28-23)21(17,2)14-18(24)19(16)20/h15-17,19H,3-14H2,1-2H3/t15-,16-,17+,19+,20-,21+/m0/s1. The van der Waals surface area contributed by atoms with E-state index in [0.717, 1.165) is 51.7 Å². The predicted octanol–water partition coefficient (Wildman–Crippen LogP) is 3.69. The smallest absolute Gasteiger partial charge is 0.174 e. The maximum absolute atomic E-state index is 13.7. The van der Waals surface area contributed by atoms with E-state index in [1.165, 1.54) is 6.42 Å². The van der Waals surface area contributed by atoms with E-state index in [2.05, 4.69) is 13.8 Å². The van der Waals surface area contributed by atoms with Crippen molar-refractivity contribution in [3.63, 3.8) is 0 Å².